The van der Waals surface area contributed by atoms with E-state index in [0.717, 1.165) is 6.54 Å². The molecule has 0 bridgehead atoms. The van der Waals surface area contributed by atoms with Gasteiger partial charge in [-0.05, 0) is 25.3 Å². The molecule has 0 saturated heterocycles. The van der Waals surface area contributed by atoms with Gasteiger partial charge in [0.05, 0.1) is 6.54 Å². The van der Waals surface area contributed by atoms with E-state index in [2.05, 4.69) is 36.2 Å². The van der Waals surface area contributed by atoms with Crippen LogP contribution in [0.2, 0.25) is 0 Å². The average molecular weight is 259 g/mol. The molecule has 1 aliphatic carbocycles. The van der Waals surface area contributed by atoms with E-state index in [9.17, 15) is 0 Å². The first-order chi connectivity index (χ1) is 9.03. The summed E-state index contributed by atoms with van der Waals surface area (Å²) in [5.74, 6) is 0.624. The van der Waals surface area contributed by atoms with Crippen LogP contribution in [0.3, 0.4) is 0 Å². The molecule has 0 spiro atoms. The highest BCUT2D eigenvalue weighted by molar-refractivity contribution is 5.77. The van der Waals surface area contributed by atoms with Crippen molar-refractivity contribution in [1.29, 1.82) is 0 Å². The Balaban J connectivity index is 2.26. The Morgan fingerprint density at radius 3 is 2.58 bits per heavy atom. The molecule has 2 rings (SSSR count). The van der Waals surface area contributed by atoms with E-state index in [0.29, 0.717) is 5.96 Å². The highest BCUT2D eigenvalue weighted by atomic mass is 15.2. The molecule has 1 saturated carbocycles. The summed E-state index contributed by atoms with van der Waals surface area (Å²) in [7, 11) is 3.87. The second-order valence-corrected chi connectivity index (χ2v) is 5.93. The minimum absolute atomic E-state index is 0.201. The first-order valence-electron chi connectivity index (χ1n) is 7.08. The molecule has 0 unspecified atom stereocenters. The third kappa shape index (κ3) is 3.09. The fourth-order valence-corrected chi connectivity index (χ4v) is 2.94. The summed E-state index contributed by atoms with van der Waals surface area (Å²) in [5.41, 5.74) is 8.90. The zero-order valence-corrected chi connectivity index (χ0v) is 12.3. The molecule has 1 aliphatic rings. The van der Waals surface area contributed by atoms with Crippen molar-refractivity contribution in [3.05, 3.63) is 35.4 Å². The van der Waals surface area contributed by atoms with Gasteiger partial charge in [0.25, 0.3) is 0 Å². The number of aliphatic imine (C=N–C) groups is 1. The molecule has 0 amide bonds. The molecular formula is C16H25N3. The number of aryl methyl sites for hydroxylation is 1. The van der Waals surface area contributed by atoms with Crippen LogP contribution in [0.1, 0.15) is 36.8 Å². The lowest BCUT2D eigenvalue weighted by atomic mass is 9.78. The SMILES string of the molecule is Cc1cccc(C2(CN=C(N)N(C)C)CCCC2)c1. The maximum atomic E-state index is 5.94. The van der Waals surface area contributed by atoms with Gasteiger partial charge in [0, 0.05) is 19.5 Å². The third-order valence-electron chi connectivity index (χ3n) is 4.19. The first kappa shape index (κ1) is 13.9. The van der Waals surface area contributed by atoms with E-state index in [-0.39, 0.29) is 5.41 Å². The van der Waals surface area contributed by atoms with Gasteiger partial charge in [-0.2, -0.15) is 0 Å². The molecule has 1 fully saturated rings. The standard InChI is InChI=1S/C16H25N3/c1-13-7-6-8-14(11-13)16(9-4-5-10-16)12-18-15(17)19(2)3/h6-8,11H,4-5,9-10,12H2,1-3H3,(H2,17,18). The molecule has 104 valence electrons. The molecule has 0 atom stereocenters. The normalized spacial score (nSPS) is 18.6. The van der Waals surface area contributed by atoms with Crippen LogP contribution in [0, 0.1) is 6.92 Å². The smallest absolute Gasteiger partial charge is 0.190 e. The zero-order valence-electron chi connectivity index (χ0n) is 12.3. The topological polar surface area (TPSA) is 41.6 Å². The van der Waals surface area contributed by atoms with Crippen molar-refractivity contribution < 1.29 is 0 Å². The molecule has 0 heterocycles. The molecule has 3 nitrogen and oxygen atoms in total. The minimum Gasteiger partial charge on any atom is -0.370 e. The second-order valence-electron chi connectivity index (χ2n) is 5.93. The predicted octanol–water partition coefficient (Wildman–Crippen LogP) is 2.68. The number of nitrogens with two attached hydrogens (primary N) is 1. The Labute approximate surface area is 116 Å². The summed E-state index contributed by atoms with van der Waals surface area (Å²) in [6, 6.07) is 8.87. The second kappa shape index (κ2) is 5.64. The average Bonchev–Trinajstić information content (AvgIpc) is 2.86. The van der Waals surface area contributed by atoms with Crippen molar-refractivity contribution in [2.24, 2.45) is 10.7 Å². The van der Waals surface area contributed by atoms with Crippen molar-refractivity contribution in [3.8, 4) is 0 Å². The maximum absolute atomic E-state index is 5.94. The molecule has 19 heavy (non-hydrogen) atoms. The maximum Gasteiger partial charge on any atom is 0.190 e. The Morgan fingerprint density at radius 1 is 1.32 bits per heavy atom. The highest BCUT2D eigenvalue weighted by Gasteiger charge is 2.35. The van der Waals surface area contributed by atoms with Crippen LogP contribution in [0.25, 0.3) is 0 Å². The van der Waals surface area contributed by atoms with E-state index in [1.807, 2.05) is 19.0 Å². The van der Waals surface area contributed by atoms with Crippen LogP contribution in [0.5, 0.6) is 0 Å². The zero-order chi connectivity index (χ0) is 13.9. The molecule has 3 heteroatoms. The van der Waals surface area contributed by atoms with E-state index in [1.54, 1.807) is 0 Å². The lowest BCUT2D eigenvalue weighted by Gasteiger charge is -2.28. The van der Waals surface area contributed by atoms with E-state index in [1.165, 1.54) is 36.8 Å². The Kier molecular flexibility index (Phi) is 4.13. The van der Waals surface area contributed by atoms with Crippen molar-refractivity contribution in [3.63, 3.8) is 0 Å². The highest BCUT2D eigenvalue weighted by Crippen LogP contribution is 2.41. The summed E-state index contributed by atoms with van der Waals surface area (Å²) in [6.45, 7) is 2.96. The quantitative estimate of drug-likeness (QED) is 0.670. The first-order valence-corrected chi connectivity index (χ1v) is 7.08. The van der Waals surface area contributed by atoms with Gasteiger partial charge in [-0.1, -0.05) is 42.7 Å². The lowest BCUT2D eigenvalue weighted by Crippen LogP contribution is -2.33. The third-order valence-corrected chi connectivity index (χ3v) is 4.19. The van der Waals surface area contributed by atoms with E-state index in [4.69, 9.17) is 5.73 Å². The number of hydrogen-bond acceptors (Lipinski definition) is 1. The lowest BCUT2D eigenvalue weighted by molar-refractivity contribution is 0.449. The Bertz CT molecular complexity index is 457. The van der Waals surface area contributed by atoms with Gasteiger partial charge in [-0.3, -0.25) is 4.99 Å². The number of guanidine groups is 1. The van der Waals surface area contributed by atoms with Gasteiger partial charge in [-0.25, -0.2) is 0 Å². The fraction of sp³-hybridized carbons (Fsp3) is 0.562. The molecule has 0 aliphatic heterocycles. The largest absolute Gasteiger partial charge is 0.370 e. The van der Waals surface area contributed by atoms with E-state index >= 15 is 0 Å². The number of hydrogen-bond donors (Lipinski definition) is 1. The summed E-state index contributed by atoms with van der Waals surface area (Å²) >= 11 is 0. The Hall–Kier alpha value is -1.51. The number of nitrogens with zero attached hydrogens (tertiary/aromatic N) is 2. The predicted molar refractivity (Wildman–Crippen MR) is 81.5 cm³/mol. The summed E-state index contributed by atoms with van der Waals surface area (Å²) in [4.78, 5) is 6.48. The van der Waals surface area contributed by atoms with Gasteiger partial charge in [-0.15, -0.1) is 0 Å². The van der Waals surface area contributed by atoms with Gasteiger partial charge < -0.3 is 10.6 Å². The van der Waals surface area contributed by atoms with Crippen LogP contribution >= 0.6 is 0 Å². The van der Waals surface area contributed by atoms with Crippen molar-refractivity contribution >= 4 is 5.96 Å². The fourth-order valence-electron chi connectivity index (χ4n) is 2.94. The molecule has 0 radical (unpaired) electrons. The van der Waals surface area contributed by atoms with Crippen molar-refractivity contribution in [2.75, 3.05) is 20.6 Å². The number of rotatable bonds is 3. The van der Waals surface area contributed by atoms with Crippen LogP contribution in [0.15, 0.2) is 29.3 Å². The molecular weight excluding hydrogens is 234 g/mol. The van der Waals surface area contributed by atoms with E-state index < -0.39 is 0 Å². The minimum atomic E-state index is 0.201. The van der Waals surface area contributed by atoms with Gasteiger partial charge in [0.15, 0.2) is 5.96 Å². The van der Waals surface area contributed by atoms with Gasteiger partial charge in [0.1, 0.15) is 0 Å². The number of benzene rings is 1. The van der Waals surface area contributed by atoms with Gasteiger partial charge >= 0.3 is 0 Å². The van der Waals surface area contributed by atoms with Crippen molar-refractivity contribution in [2.45, 2.75) is 38.0 Å². The Morgan fingerprint density at radius 2 is 2.00 bits per heavy atom. The van der Waals surface area contributed by atoms with Crippen LogP contribution in [-0.2, 0) is 5.41 Å². The van der Waals surface area contributed by atoms with Crippen LogP contribution in [-0.4, -0.2) is 31.5 Å². The summed E-state index contributed by atoms with van der Waals surface area (Å²) < 4.78 is 0. The van der Waals surface area contributed by atoms with Crippen molar-refractivity contribution in [1.82, 2.24) is 4.90 Å². The molecule has 0 aromatic heterocycles. The molecule has 2 N–H and O–H groups in total. The van der Waals surface area contributed by atoms with Gasteiger partial charge in [0.2, 0.25) is 0 Å². The monoisotopic (exact) mass is 259 g/mol. The molecule has 1 aromatic carbocycles. The summed E-state index contributed by atoms with van der Waals surface area (Å²) in [5, 5.41) is 0. The summed E-state index contributed by atoms with van der Waals surface area (Å²) in [6.07, 6.45) is 5.04. The van der Waals surface area contributed by atoms with Crippen LogP contribution in [0.4, 0.5) is 0 Å². The molecule has 1 aromatic rings. The van der Waals surface area contributed by atoms with Crippen LogP contribution < -0.4 is 5.73 Å².